The van der Waals surface area contributed by atoms with Crippen molar-refractivity contribution in [3.63, 3.8) is 0 Å². The molecule has 3 aromatic carbocycles. The first kappa shape index (κ1) is 33.5. The number of carboxylic acids is 1. The van der Waals surface area contributed by atoms with Gasteiger partial charge in [0, 0.05) is 5.56 Å². The number of ether oxygens (including phenoxy) is 2. The molecule has 0 aliphatic carbocycles. The molecular formula is C32H40LiNO5S. The van der Waals surface area contributed by atoms with Gasteiger partial charge < -0.3 is 19.9 Å². The van der Waals surface area contributed by atoms with E-state index in [1.807, 2.05) is 67.8 Å². The standard InChI is InChI=1S/C32H39NO5S.Li.H/c1-5-6-14-30(24-11-9-12-25(20-24)37-3)38-21-23-15-16-27(28(19-23)26-13-8-7-10-22(26)2)31(34)33-29(32(35)36)17-18-39-4;;/h7-13,15-16,19-20,29-30H,5-6,14,17-18,21H2,1-4H3,(H,33,34)(H,35,36);;/t29-,30?;;/m0../s1. The summed E-state index contributed by atoms with van der Waals surface area (Å²) >= 11 is 1.55. The third kappa shape index (κ3) is 9.45. The van der Waals surface area contributed by atoms with Crippen LogP contribution in [0.1, 0.15) is 65.8 Å². The Bertz CT molecular complexity index is 1250. The van der Waals surface area contributed by atoms with E-state index in [2.05, 4.69) is 18.3 Å². The number of hydrogen-bond acceptors (Lipinski definition) is 5. The fraction of sp³-hybridized carbons (Fsp3) is 0.375. The van der Waals surface area contributed by atoms with Crippen molar-refractivity contribution in [1.29, 1.82) is 0 Å². The van der Waals surface area contributed by atoms with Crippen LogP contribution in [-0.2, 0) is 16.1 Å². The van der Waals surface area contributed by atoms with Gasteiger partial charge in [-0.1, -0.05) is 62.2 Å². The van der Waals surface area contributed by atoms with Crippen molar-refractivity contribution in [2.24, 2.45) is 0 Å². The molecule has 2 N–H and O–H groups in total. The van der Waals surface area contributed by atoms with Gasteiger partial charge in [-0.15, -0.1) is 0 Å². The number of carboxylic acid groups (broad SMARTS) is 1. The van der Waals surface area contributed by atoms with Crippen LogP contribution in [0.5, 0.6) is 5.75 Å². The Balaban J connectivity index is 0.00000560. The summed E-state index contributed by atoms with van der Waals surface area (Å²) in [7, 11) is 1.66. The summed E-state index contributed by atoms with van der Waals surface area (Å²) in [6.07, 6.45) is 5.19. The van der Waals surface area contributed by atoms with Gasteiger partial charge in [-0.05, 0) is 83.9 Å². The van der Waals surface area contributed by atoms with Crippen molar-refractivity contribution in [2.45, 2.75) is 58.3 Å². The van der Waals surface area contributed by atoms with Crippen molar-refractivity contribution < 1.29 is 24.2 Å². The molecule has 40 heavy (non-hydrogen) atoms. The third-order valence-corrected chi connectivity index (χ3v) is 7.36. The van der Waals surface area contributed by atoms with Gasteiger partial charge in [0.05, 0.1) is 19.8 Å². The van der Waals surface area contributed by atoms with E-state index in [-0.39, 0.29) is 25.0 Å². The number of aryl methyl sites for hydroxylation is 1. The minimum atomic E-state index is -1.03. The van der Waals surface area contributed by atoms with Crippen LogP contribution in [-0.4, -0.2) is 61.0 Å². The predicted octanol–water partition coefficient (Wildman–Crippen LogP) is 6.41. The van der Waals surface area contributed by atoms with Crippen molar-refractivity contribution >= 4 is 42.5 Å². The van der Waals surface area contributed by atoms with E-state index in [0.717, 1.165) is 52.8 Å². The van der Waals surface area contributed by atoms with Gasteiger partial charge in [0.15, 0.2) is 0 Å². The summed E-state index contributed by atoms with van der Waals surface area (Å²) in [5, 5.41) is 12.4. The zero-order valence-corrected chi connectivity index (χ0v) is 24.1. The number of hydrogen-bond donors (Lipinski definition) is 2. The number of aliphatic carboxylic acids is 1. The van der Waals surface area contributed by atoms with E-state index in [1.54, 1.807) is 24.9 Å². The molecule has 2 atom stereocenters. The molecule has 0 saturated heterocycles. The molecule has 3 rings (SSSR count). The first-order chi connectivity index (χ1) is 18.9. The Labute approximate surface area is 254 Å². The molecule has 0 saturated carbocycles. The molecule has 0 bridgehead atoms. The molecule has 0 fully saturated rings. The topological polar surface area (TPSA) is 84.9 Å². The number of carbonyl (C=O) groups excluding carboxylic acids is 1. The van der Waals surface area contributed by atoms with Gasteiger partial charge in [0.1, 0.15) is 11.8 Å². The fourth-order valence-electron chi connectivity index (χ4n) is 4.48. The quantitative estimate of drug-likeness (QED) is 0.210. The summed E-state index contributed by atoms with van der Waals surface area (Å²) in [5.41, 5.74) is 5.16. The molecule has 1 unspecified atom stereocenters. The van der Waals surface area contributed by atoms with Crippen LogP contribution < -0.4 is 10.1 Å². The second kappa shape index (κ2) is 17.2. The van der Waals surface area contributed by atoms with Gasteiger partial charge in [-0.2, -0.15) is 11.8 Å². The van der Waals surface area contributed by atoms with Crippen LogP contribution >= 0.6 is 11.8 Å². The zero-order chi connectivity index (χ0) is 28.2. The van der Waals surface area contributed by atoms with Crippen LogP contribution in [0.4, 0.5) is 0 Å². The average molecular weight is 558 g/mol. The molecule has 6 nitrogen and oxygen atoms in total. The Morgan fingerprint density at radius 3 is 2.45 bits per heavy atom. The van der Waals surface area contributed by atoms with E-state index < -0.39 is 17.9 Å². The summed E-state index contributed by atoms with van der Waals surface area (Å²) in [6, 6.07) is 20.6. The molecule has 1 amide bonds. The number of unbranched alkanes of at least 4 members (excludes halogenated alkanes) is 1. The summed E-state index contributed by atoms with van der Waals surface area (Å²) in [5.74, 6) is 0.0129. The van der Waals surface area contributed by atoms with Crippen molar-refractivity contribution in [1.82, 2.24) is 5.32 Å². The van der Waals surface area contributed by atoms with Gasteiger partial charge >= 0.3 is 24.8 Å². The van der Waals surface area contributed by atoms with E-state index in [4.69, 9.17) is 9.47 Å². The molecule has 0 aliphatic rings. The maximum absolute atomic E-state index is 13.3. The van der Waals surface area contributed by atoms with Crippen molar-refractivity contribution in [2.75, 3.05) is 19.1 Å². The minimum absolute atomic E-state index is 0. The number of methoxy groups -OCH3 is 1. The molecule has 0 spiro atoms. The average Bonchev–Trinajstić information content (AvgIpc) is 2.95. The van der Waals surface area contributed by atoms with Crippen LogP contribution in [0.3, 0.4) is 0 Å². The van der Waals surface area contributed by atoms with Crippen molar-refractivity contribution in [3.8, 4) is 16.9 Å². The second-order valence-corrected chi connectivity index (χ2v) is 10.5. The number of amides is 1. The Kier molecular flexibility index (Phi) is 14.4. The predicted molar refractivity (Wildman–Crippen MR) is 166 cm³/mol. The summed E-state index contributed by atoms with van der Waals surface area (Å²) in [6.45, 7) is 4.54. The van der Waals surface area contributed by atoms with Crippen LogP contribution in [0.25, 0.3) is 11.1 Å². The molecule has 210 valence electrons. The molecule has 8 heteroatoms. The molecule has 0 aliphatic heterocycles. The first-order valence-corrected chi connectivity index (χ1v) is 14.7. The monoisotopic (exact) mass is 557 g/mol. The SMILES string of the molecule is CCCCC(OCc1ccc(C(=O)N[C@@H](CCSC)C(=O)O)c(-c2ccccc2C)c1)c1cccc(OC)c1.[LiH]. The number of nitrogens with one attached hydrogen (secondary N) is 1. The molecule has 0 radical (unpaired) electrons. The van der Waals surface area contributed by atoms with Crippen LogP contribution in [0, 0.1) is 6.92 Å². The van der Waals surface area contributed by atoms with Crippen LogP contribution in [0.2, 0.25) is 0 Å². The second-order valence-electron chi connectivity index (χ2n) is 9.56. The molecule has 0 aromatic heterocycles. The molecular weight excluding hydrogens is 517 g/mol. The Morgan fingerprint density at radius 1 is 1.00 bits per heavy atom. The fourth-order valence-corrected chi connectivity index (χ4v) is 4.95. The summed E-state index contributed by atoms with van der Waals surface area (Å²) < 4.78 is 11.9. The zero-order valence-electron chi connectivity index (χ0n) is 23.2. The number of carbonyl (C=O) groups is 2. The van der Waals surface area contributed by atoms with E-state index >= 15 is 0 Å². The van der Waals surface area contributed by atoms with E-state index in [0.29, 0.717) is 24.3 Å². The maximum atomic E-state index is 13.3. The van der Waals surface area contributed by atoms with E-state index in [1.165, 1.54) is 0 Å². The first-order valence-electron chi connectivity index (χ1n) is 13.3. The van der Waals surface area contributed by atoms with E-state index in [9.17, 15) is 14.7 Å². The van der Waals surface area contributed by atoms with Gasteiger partial charge in [0.25, 0.3) is 5.91 Å². The van der Waals surface area contributed by atoms with Gasteiger partial charge in [-0.25, -0.2) is 4.79 Å². The third-order valence-electron chi connectivity index (χ3n) is 6.71. The number of rotatable bonds is 15. The van der Waals surface area contributed by atoms with Crippen LogP contribution in [0.15, 0.2) is 66.7 Å². The van der Waals surface area contributed by atoms with Gasteiger partial charge in [0.2, 0.25) is 0 Å². The van der Waals surface area contributed by atoms with Crippen molar-refractivity contribution in [3.05, 3.63) is 89.0 Å². The molecule has 0 heterocycles. The summed E-state index contributed by atoms with van der Waals surface area (Å²) in [4.78, 5) is 25.1. The molecule has 3 aromatic rings. The number of benzene rings is 3. The van der Waals surface area contributed by atoms with Gasteiger partial charge in [-0.3, -0.25) is 4.79 Å². The Hall–Kier alpha value is -2.69. The normalized spacial score (nSPS) is 12.2. The number of thioether (sulfide) groups is 1. The Morgan fingerprint density at radius 2 is 1.77 bits per heavy atom.